The Labute approximate surface area is 134 Å². The highest BCUT2D eigenvalue weighted by Crippen LogP contribution is 2.10. The fourth-order valence-electron chi connectivity index (χ4n) is 2.07. The maximum absolute atomic E-state index is 8.58. The first-order valence-electron chi connectivity index (χ1n) is 7.98. The quantitative estimate of drug-likeness (QED) is 0.373. The van der Waals surface area contributed by atoms with Crippen molar-refractivity contribution in [2.45, 2.75) is 71.1 Å². The van der Waals surface area contributed by atoms with Crippen molar-refractivity contribution in [1.29, 1.82) is 0 Å². The Balaban J connectivity index is 0. The van der Waals surface area contributed by atoms with E-state index in [9.17, 15) is 0 Å². The highest BCUT2D eigenvalue weighted by Gasteiger charge is 2.04. The molecule has 5 nitrogen and oxygen atoms in total. The zero-order valence-corrected chi connectivity index (χ0v) is 15.8. The van der Waals surface area contributed by atoms with Crippen LogP contribution in [0, 0.1) is 14.1 Å². The number of unbranched alkanes of at least 4 members (excludes halogenated alkanes) is 9. The molecule has 0 saturated heterocycles. The Hall–Kier alpha value is 0.280. The van der Waals surface area contributed by atoms with Gasteiger partial charge >= 0.3 is 0 Å². The van der Waals surface area contributed by atoms with Crippen molar-refractivity contribution in [3.8, 4) is 0 Å². The molecule has 0 aromatic rings. The molecule has 0 aliphatic rings. The van der Waals surface area contributed by atoms with E-state index in [4.69, 9.17) is 16.8 Å². The predicted molar refractivity (Wildman–Crippen MR) is 74.7 cm³/mol. The van der Waals surface area contributed by atoms with Gasteiger partial charge in [0.2, 0.25) is 0 Å². The predicted octanol–water partition coefficient (Wildman–Crippen LogP) is -0.142. The molecule has 0 N–H and O–H groups in total. The van der Waals surface area contributed by atoms with Crippen molar-refractivity contribution in [3.63, 3.8) is 0 Å². The molecular formula is C15H34BrNO4. The smallest absolute Gasteiger partial charge is 0.0780 e. The molecule has 0 atom stereocenters. The fourth-order valence-corrected chi connectivity index (χ4v) is 2.07. The monoisotopic (exact) mass is 371 g/mol. The van der Waals surface area contributed by atoms with Gasteiger partial charge in [0.05, 0.1) is 41.8 Å². The fraction of sp³-hybridized carbons (Fsp3) is 1.00. The standard InChI is InChI=1S/C15H34N.BrO4/c1-5-6-7-8-9-10-11-12-13-14-15-16(2,3)4;2-1(3,4)5/h5-15H2,1-4H3;/q+1;-1. The zero-order valence-electron chi connectivity index (χ0n) is 14.2. The molecule has 0 spiro atoms. The van der Waals surface area contributed by atoms with Gasteiger partial charge in [0.25, 0.3) is 0 Å². The lowest BCUT2D eigenvalue weighted by atomic mass is 10.1. The first-order valence-corrected chi connectivity index (χ1v) is 10.6. The summed E-state index contributed by atoms with van der Waals surface area (Å²) in [5.41, 5.74) is 0. The maximum atomic E-state index is 8.58. The third-order valence-corrected chi connectivity index (χ3v) is 3.18. The van der Waals surface area contributed by atoms with Crippen LogP contribution in [0.4, 0.5) is 0 Å². The molecular weight excluding hydrogens is 338 g/mol. The number of nitrogens with zero attached hydrogens (tertiary/aromatic N) is 1. The molecule has 0 saturated carbocycles. The summed E-state index contributed by atoms with van der Waals surface area (Å²) in [5, 5.41) is 0. The van der Waals surface area contributed by atoms with Crippen molar-refractivity contribution in [1.82, 2.24) is 0 Å². The van der Waals surface area contributed by atoms with Crippen molar-refractivity contribution >= 4 is 0 Å². The number of hydrogen-bond acceptors (Lipinski definition) is 4. The van der Waals surface area contributed by atoms with Crippen molar-refractivity contribution < 1.29 is 35.4 Å². The second-order valence-electron chi connectivity index (χ2n) is 6.57. The summed E-state index contributed by atoms with van der Waals surface area (Å²) in [5.74, 6) is 0. The van der Waals surface area contributed by atoms with E-state index in [1.165, 1.54) is 70.8 Å². The van der Waals surface area contributed by atoms with Crippen LogP contribution in [0.5, 0.6) is 0 Å². The van der Waals surface area contributed by atoms with E-state index < -0.39 is 14.1 Å². The lowest BCUT2D eigenvalue weighted by Crippen LogP contribution is -2.68. The second-order valence-corrected chi connectivity index (χ2v) is 8.16. The summed E-state index contributed by atoms with van der Waals surface area (Å²) in [6.07, 6.45) is 14.4. The minimum absolute atomic E-state index is 1.12. The molecule has 0 aliphatic carbocycles. The molecule has 130 valence electrons. The van der Waals surface area contributed by atoms with Gasteiger partial charge in [-0.1, -0.05) is 58.3 Å². The Kier molecular flexibility index (Phi) is 15.6. The zero-order chi connectivity index (χ0) is 16.8. The Morgan fingerprint density at radius 2 is 0.905 bits per heavy atom. The third kappa shape index (κ3) is 38.4. The summed E-state index contributed by atoms with van der Waals surface area (Å²) < 4.78 is 35.4. The van der Waals surface area contributed by atoms with E-state index in [-0.39, 0.29) is 0 Å². The lowest BCUT2D eigenvalue weighted by molar-refractivity contribution is -2.00. The SMILES string of the molecule is CCCCCCCCCCCC[N+](C)(C)C.[O-][Br+3]([O-])([O-])[O-]. The Bertz CT molecular complexity index is 209. The average molecular weight is 372 g/mol. The highest BCUT2D eigenvalue weighted by molar-refractivity contribution is 4.47. The summed E-state index contributed by atoms with van der Waals surface area (Å²) in [6.45, 7) is 3.62. The van der Waals surface area contributed by atoms with E-state index in [0.29, 0.717) is 0 Å². The summed E-state index contributed by atoms with van der Waals surface area (Å²) in [7, 11) is 6.86. The maximum Gasteiger partial charge on any atom is 0.0780 e. The number of halogens is 1. The van der Waals surface area contributed by atoms with E-state index >= 15 is 0 Å². The first-order chi connectivity index (χ1) is 9.56. The van der Waals surface area contributed by atoms with E-state index in [1.54, 1.807) is 0 Å². The van der Waals surface area contributed by atoms with E-state index in [0.717, 1.165) is 4.48 Å². The van der Waals surface area contributed by atoms with Crippen LogP contribution in [0.25, 0.3) is 0 Å². The van der Waals surface area contributed by atoms with Gasteiger partial charge in [-0.2, -0.15) is 0 Å². The Morgan fingerprint density at radius 3 is 1.19 bits per heavy atom. The molecule has 21 heavy (non-hydrogen) atoms. The average Bonchev–Trinajstić information content (AvgIpc) is 2.28. The van der Waals surface area contributed by atoms with Crippen molar-refractivity contribution in [3.05, 3.63) is 0 Å². The normalized spacial score (nSPS) is 12.0. The van der Waals surface area contributed by atoms with Gasteiger partial charge in [0.15, 0.2) is 0 Å². The van der Waals surface area contributed by atoms with Crippen LogP contribution in [0.1, 0.15) is 71.1 Å². The van der Waals surface area contributed by atoms with E-state index in [2.05, 4.69) is 28.1 Å². The summed E-state index contributed by atoms with van der Waals surface area (Å²) >= 11 is -5.62. The summed E-state index contributed by atoms with van der Waals surface area (Å²) in [6, 6.07) is 0. The number of rotatable bonds is 11. The molecule has 0 bridgehead atoms. The minimum Gasteiger partial charge on any atom is -0.331 e. The van der Waals surface area contributed by atoms with Gasteiger partial charge in [-0.05, 0) is 12.8 Å². The third-order valence-electron chi connectivity index (χ3n) is 3.18. The van der Waals surface area contributed by atoms with Crippen molar-refractivity contribution in [2.75, 3.05) is 27.7 Å². The topological polar surface area (TPSA) is 92.2 Å². The largest absolute Gasteiger partial charge is 0.331 e. The molecule has 0 rings (SSSR count). The van der Waals surface area contributed by atoms with Gasteiger partial charge < -0.3 is 4.48 Å². The number of quaternary nitrogens is 1. The van der Waals surface area contributed by atoms with Gasteiger partial charge in [-0.15, -0.1) is 0 Å². The van der Waals surface area contributed by atoms with Gasteiger partial charge in [0.1, 0.15) is 0 Å². The molecule has 0 fully saturated rings. The lowest BCUT2D eigenvalue weighted by Gasteiger charge is -2.23. The second kappa shape index (κ2) is 13.9. The van der Waals surface area contributed by atoms with Crippen LogP contribution < -0.4 is 16.8 Å². The molecule has 0 radical (unpaired) electrons. The van der Waals surface area contributed by atoms with Crippen LogP contribution in [0.3, 0.4) is 0 Å². The van der Waals surface area contributed by atoms with Crippen LogP contribution in [0.15, 0.2) is 0 Å². The highest BCUT2D eigenvalue weighted by atomic mass is 80.0. The molecule has 0 heterocycles. The minimum atomic E-state index is -5.62. The Morgan fingerprint density at radius 1 is 0.619 bits per heavy atom. The number of hydrogen-bond donors (Lipinski definition) is 0. The van der Waals surface area contributed by atoms with Crippen LogP contribution >= 0.6 is 0 Å². The van der Waals surface area contributed by atoms with Crippen LogP contribution in [-0.4, -0.2) is 32.2 Å². The van der Waals surface area contributed by atoms with Gasteiger partial charge in [0, 0.05) is 0 Å². The van der Waals surface area contributed by atoms with Crippen molar-refractivity contribution in [2.24, 2.45) is 0 Å². The molecule has 0 aliphatic heterocycles. The van der Waals surface area contributed by atoms with E-state index in [1.807, 2.05) is 0 Å². The van der Waals surface area contributed by atoms with Gasteiger partial charge in [-0.25, -0.2) is 0 Å². The molecule has 0 aromatic carbocycles. The molecule has 0 unspecified atom stereocenters. The van der Waals surface area contributed by atoms with Crippen LogP contribution in [0.2, 0.25) is 0 Å². The van der Waals surface area contributed by atoms with Crippen LogP contribution in [-0.2, 0) is 0 Å². The molecule has 0 amide bonds. The van der Waals surface area contributed by atoms with Gasteiger partial charge in [-0.3, -0.25) is 16.8 Å². The first kappa shape index (κ1) is 23.5. The summed E-state index contributed by atoms with van der Waals surface area (Å²) in [4.78, 5) is 0. The molecule has 6 heteroatoms. The molecule has 0 aromatic heterocycles.